The molecular formula is C32H35F6NO2. The lowest BCUT2D eigenvalue weighted by atomic mass is 9.88. The van der Waals surface area contributed by atoms with E-state index in [2.05, 4.69) is 5.32 Å². The number of carboxylic acid groups (broad SMARTS) is 1. The van der Waals surface area contributed by atoms with Gasteiger partial charge in [-0.2, -0.15) is 26.3 Å². The van der Waals surface area contributed by atoms with E-state index in [0.717, 1.165) is 30.7 Å². The molecule has 0 aliphatic carbocycles. The lowest BCUT2D eigenvalue weighted by Gasteiger charge is -2.24. The highest BCUT2D eigenvalue weighted by atomic mass is 19.4. The van der Waals surface area contributed by atoms with Crippen LogP contribution in [0.2, 0.25) is 0 Å². The van der Waals surface area contributed by atoms with E-state index in [1.165, 1.54) is 24.3 Å². The SMILES string of the molecule is CC(C)CCC(Nc1cc(-c2ccc(C(F)(F)F)cc2)cc(C(CC(C)C)C(=O)O)c1)c1ccc(C(F)(F)F)cc1. The number of anilines is 1. The second-order valence-electron chi connectivity index (χ2n) is 11.2. The molecule has 0 radical (unpaired) electrons. The third-order valence-electron chi connectivity index (χ3n) is 6.92. The van der Waals surface area contributed by atoms with Crippen molar-refractivity contribution >= 4 is 11.7 Å². The molecule has 3 nitrogen and oxygen atoms in total. The molecule has 41 heavy (non-hydrogen) atoms. The van der Waals surface area contributed by atoms with Crippen LogP contribution in [0.25, 0.3) is 11.1 Å². The summed E-state index contributed by atoms with van der Waals surface area (Å²) >= 11 is 0. The zero-order valence-electron chi connectivity index (χ0n) is 23.4. The van der Waals surface area contributed by atoms with Gasteiger partial charge in [0.15, 0.2) is 0 Å². The van der Waals surface area contributed by atoms with Crippen molar-refractivity contribution in [2.75, 3.05) is 5.32 Å². The number of carboxylic acids is 1. The summed E-state index contributed by atoms with van der Waals surface area (Å²) in [5.74, 6) is -1.49. The monoisotopic (exact) mass is 579 g/mol. The number of nitrogens with one attached hydrogen (secondary N) is 1. The Morgan fingerprint density at radius 1 is 0.707 bits per heavy atom. The van der Waals surface area contributed by atoms with Crippen molar-refractivity contribution in [3.63, 3.8) is 0 Å². The predicted octanol–water partition coefficient (Wildman–Crippen LogP) is 10.2. The van der Waals surface area contributed by atoms with Crippen molar-refractivity contribution in [2.24, 2.45) is 11.8 Å². The Hall–Kier alpha value is -3.49. The van der Waals surface area contributed by atoms with Gasteiger partial charge in [-0.15, -0.1) is 0 Å². The van der Waals surface area contributed by atoms with E-state index >= 15 is 0 Å². The Bertz CT molecular complexity index is 1300. The lowest BCUT2D eigenvalue weighted by molar-refractivity contribution is -0.139. The molecule has 0 saturated heterocycles. The van der Waals surface area contributed by atoms with Crippen LogP contribution < -0.4 is 5.32 Å². The third-order valence-corrected chi connectivity index (χ3v) is 6.92. The van der Waals surface area contributed by atoms with Crippen molar-refractivity contribution in [1.29, 1.82) is 0 Å². The fourth-order valence-corrected chi connectivity index (χ4v) is 4.73. The Kier molecular flexibility index (Phi) is 10.2. The number of benzene rings is 3. The smallest absolute Gasteiger partial charge is 0.416 e. The van der Waals surface area contributed by atoms with Crippen molar-refractivity contribution in [2.45, 2.75) is 71.3 Å². The van der Waals surface area contributed by atoms with Gasteiger partial charge >= 0.3 is 18.3 Å². The van der Waals surface area contributed by atoms with E-state index < -0.39 is 35.4 Å². The van der Waals surface area contributed by atoms with E-state index in [4.69, 9.17) is 0 Å². The maximum absolute atomic E-state index is 13.2. The van der Waals surface area contributed by atoms with Gasteiger partial charge in [0.25, 0.3) is 0 Å². The number of rotatable bonds is 11. The molecule has 222 valence electrons. The molecular weight excluding hydrogens is 544 g/mol. The molecule has 2 N–H and O–H groups in total. The molecule has 0 fully saturated rings. The number of aliphatic carboxylic acids is 1. The quantitative estimate of drug-likeness (QED) is 0.222. The fourth-order valence-electron chi connectivity index (χ4n) is 4.73. The highest BCUT2D eigenvalue weighted by Crippen LogP contribution is 2.37. The Balaban J connectivity index is 2.09. The van der Waals surface area contributed by atoms with Crippen molar-refractivity contribution in [1.82, 2.24) is 0 Å². The van der Waals surface area contributed by atoms with Gasteiger partial charge in [0.05, 0.1) is 23.1 Å². The third kappa shape index (κ3) is 9.00. The summed E-state index contributed by atoms with van der Waals surface area (Å²) in [6.07, 6.45) is -7.25. The maximum Gasteiger partial charge on any atom is 0.416 e. The minimum atomic E-state index is -4.50. The predicted molar refractivity (Wildman–Crippen MR) is 149 cm³/mol. The van der Waals surface area contributed by atoms with Crippen LogP contribution >= 0.6 is 0 Å². The standard InChI is InChI=1S/C32H35F6NO2/c1-19(2)5-14-29(22-8-12-26(13-9-22)32(36,37)38)39-27-17-23(21-6-10-25(11-7-21)31(33,34)35)16-24(18-27)28(30(40)41)15-20(3)4/h6-13,16-20,28-29,39H,5,14-15H2,1-4H3,(H,40,41). The number of alkyl halides is 6. The molecule has 2 unspecified atom stereocenters. The van der Waals surface area contributed by atoms with Gasteiger partial charge in [-0.25, -0.2) is 0 Å². The molecule has 0 aromatic heterocycles. The number of hydrogen-bond donors (Lipinski definition) is 2. The second kappa shape index (κ2) is 13.0. The van der Waals surface area contributed by atoms with Crippen molar-refractivity contribution in [3.05, 3.63) is 89.0 Å². The molecule has 9 heteroatoms. The molecule has 0 spiro atoms. The van der Waals surface area contributed by atoms with Crippen LogP contribution in [0.5, 0.6) is 0 Å². The van der Waals surface area contributed by atoms with Gasteiger partial charge < -0.3 is 10.4 Å². The normalized spacial score (nSPS) is 13.9. The summed E-state index contributed by atoms with van der Waals surface area (Å²) in [5.41, 5.74) is 1.11. The summed E-state index contributed by atoms with van der Waals surface area (Å²) in [7, 11) is 0. The number of carbonyl (C=O) groups is 1. The Morgan fingerprint density at radius 3 is 1.71 bits per heavy atom. The first-order valence-electron chi connectivity index (χ1n) is 13.5. The lowest BCUT2D eigenvalue weighted by Crippen LogP contribution is -2.16. The van der Waals surface area contributed by atoms with E-state index in [1.807, 2.05) is 27.7 Å². The van der Waals surface area contributed by atoms with Gasteiger partial charge in [-0.05, 0) is 89.8 Å². The second-order valence-corrected chi connectivity index (χ2v) is 11.2. The van der Waals surface area contributed by atoms with Gasteiger partial charge in [-0.3, -0.25) is 4.79 Å². The van der Waals surface area contributed by atoms with Crippen LogP contribution in [0, 0.1) is 11.8 Å². The molecule has 0 amide bonds. The van der Waals surface area contributed by atoms with Crippen LogP contribution in [0.4, 0.5) is 32.0 Å². The van der Waals surface area contributed by atoms with Crippen LogP contribution in [0.1, 0.15) is 81.2 Å². The van der Waals surface area contributed by atoms with Crippen molar-refractivity contribution < 1.29 is 36.2 Å². The first kappa shape index (κ1) is 32.0. The Morgan fingerprint density at radius 2 is 1.24 bits per heavy atom. The summed E-state index contributed by atoms with van der Waals surface area (Å²) < 4.78 is 79.0. The van der Waals surface area contributed by atoms with Crippen LogP contribution in [0.15, 0.2) is 66.7 Å². The molecule has 3 aromatic carbocycles. The number of halogens is 6. The molecule has 0 aliphatic heterocycles. The molecule has 0 saturated carbocycles. The molecule has 0 bridgehead atoms. The van der Waals surface area contributed by atoms with Crippen LogP contribution in [-0.2, 0) is 17.1 Å². The summed E-state index contributed by atoms with van der Waals surface area (Å²) in [4.78, 5) is 12.2. The summed E-state index contributed by atoms with van der Waals surface area (Å²) in [6, 6.07) is 14.3. The molecule has 0 heterocycles. The average Bonchev–Trinajstić information content (AvgIpc) is 2.88. The van der Waals surface area contributed by atoms with Crippen molar-refractivity contribution in [3.8, 4) is 11.1 Å². The van der Waals surface area contributed by atoms with Gasteiger partial charge in [-0.1, -0.05) is 58.0 Å². The van der Waals surface area contributed by atoms with E-state index in [9.17, 15) is 36.2 Å². The first-order chi connectivity index (χ1) is 19.0. The minimum Gasteiger partial charge on any atom is -0.481 e. The van der Waals surface area contributed by atoms with Gasteiger partial charge in [0.2, 0.25) is 0 Å². The van der Waals surface area contributed by atoms with Gasteiger partial charge in [0, 0.05) is 5.69 Å². The molecule has 2 atom stereocenters. The number of hydrogen-bond acceptors (Lipinski definition) is 2. The van der Waals surface area contributed by atoms with E-state index in [-0.39, 0.29) is 12.0 Å². The fraction of sp³-hybridized carbons (Fsp3) is 0.406. The van der Waals surface area contributed by atoms with E-state index in [1.54, 1.807) is 18.2 Å². The Labute approximate surface area is 236 Å². The topological polar surface area (TPSA) is 49.3 Å². The maximum atomic E-state index is 13.2. The zero-order chi connectivity index (χ0) is 30.5. The summed E-state index contributed by atoms with van der Waals surface area (Å²) in [6.45, 7) is 7.88. The molecule has 3 rings (SSSR count). The zero-order valence-corrected chi connectivity index (χ0v) is 23.4. The molecule has 3 aromatic rings. The minimum absolute atomic E-state index is 0.0631. The van der Waals surface area contributed by atoms with Crippen LogP contribution in [-0.4, -0.2) is 11.1 Å². The highest BCUT2D eigenvalue weighted by Gasteiger charge is 2.31. The first-order valence-corrected chi connectivity index (χ1v) is 13.5. The van der Waals surface area contributed by atoms with Gasteiger partial charge in [0.1, 0.15) is 0 Å². The summed E-state index contributed by atoms with van der Waals surface area (Å²) in [5, 5.41) is 13.4. The highest BCUT2D eigenvalue weighted by molar-refractivity contribution is 5.79. The average molecular weight is 580 g/mol. The largest absolute Gasteiger partial charge is 0.481 e. The van der Waals surface area contributed by atoms with Crippen LogP contribution in [0.3, 0.4) is 0 Å². The molecule has 0 aliphatic rings. The van der Waals surface area contributed by atoms with E-state index in [0.29, 0.717) is 46.7 Å².